The van der Waals surface area contributed by atoms with E-state index in [1.54, 1.807) is 0 Å². The molecular weight excluding hydrogens is 376 g/mol. The van der Waals surface area contributed by atoms with Crippen LogP contribution in [0, 0.1) is 34.5 Å². The van der Waals surface area contributed by atoms with Crippen molar-refractivity contribution in [1.29, 1.82) is 0 Å². The molecule has 4 fully saturated rings. The average Bonchev–Trinajstić information content (AvgIpc) is 2.92. The highest BCUT2D eigenvalue weighted by Crippen LogP contribution is 2.64. The molecule has 4 rings (SSSR count). The minimum atomic E-state index is -0.182. The number of nitrogens with two attached hydrogens (primary N) is 1. The lowest BCUT2D eigenvalue weighted by molar-refractivity contribution is -0.157. The van der Waals surface area contributed by atoms with Gasteiger partial charge in [0.25, 0.3) is 0 Å². The van der Waals surface area contributed by atoms with Gasteiger partial charge in [0.15, 0.2) is 0 Å². The molecule has 0 aromatic rings. The summed E-state index contributed by atoms with van der Waals surface area (Å²) in [5.41, 5.74) is 5.33. The second-order valence-corrected chi connectivity index (χ2v) is 10.1. The zero-order valence-corrected chi connectivity index (χ0v) is 18.0. The maximum atomic E-state index is 13.2. The molecule has 0 aromatic carbocycles. The first-order valence-electron chi connectivity index (χ1n) is 10.8. The topological polar surface area (TPSA) is 89.3 Å². The Morgan fingerprint density at radius 3 is 2.61 bits per heavy atom. The Hall–Kier alpha value is -0.940. The Morgan fingerprint density at radius 2 is 1.89 bits per heavy atom. The Morgan fingerprint density at radius 1 is 1.14 bits per heavy atom. The minimum absolute atomic E-state index is 0. The Bertz CT molecular complexity index is 668. The van der Waals surface area contributed by atoms with Crippen LogP contribution in [0.1, 0.15) is 71.6 Å². The van der Waals surface area contributed by atoms with Crippen molar-refractivity contribution >= 4 is 29.9 Å². The maximum Gasteiger partial charge on any atom is 0.221 e. The molecule has 0 spiro atoms. The van der Waals surface area contributed by atoms with E-state index in [0.717, 1.165) is 38.5 Å². The van der Waals surface area contributed by atoms with Gasteiger partial charge in [-0.3, -0.25) is 14.4 Å². The summed E-state index contributed by atoms with van der Waals surface area (Å²) >= 11 is 0. The summed E-state index contributed by atoms with van der Waals surface area (Å²) in [5.74, 6) is 2.18. The highest BCUT2D eigenvalue weighted by Gasteiger charge is 2.62. The van der Waals surface area contributed by atoms with Crippen LogP contribution in [0.3, 0.4) is 0 Å². The van der Waals surface area contributed by atoms with Gasteiger partial charge in [-0.05, 0) is 61.7 Å². The number of hydrogen-bond acceptors (Lipinski definition) is 4. The second-order valence-electron chi connectivity index (χ2n) is 10.1. The zero-order chi connectivity index (χ0) is 19.4. The molecule has 5 nitrogen and oxygen atoms in total. The van der Waals surface area contributed by atoms with Crippen molar-refractivity contribution in [3.63, 3.8) is 0 Å². The molecule has 1 unspecified atom stereocenters. The Kier molecular flexibility index (Phi) is 6.00. The van der Waals surface area contributed by atoms with E-state index in [4.69, 9.17) is 5.73 Å². The molecule has 28 heavy (non-hydrogen) atoms. The number of rotatable bonds is 3. The van der Waals surface area contributed by atoms with Crippen LogP contribution in [0.4, 0.5) is 0 Å². The molecule has 0 aliphatic heterocycles. The summed E-state index contributed by atoms with van der Waals surface area (Å²) in [6.45, 7) is 4.84. The molecule has 3 N–H and O–H groups in total. The van der Waals surface area contributed by atoms with E-state index in [-0.39, 0.29) is 41.1 Å². The predicted molar refractivity (Wildman–Crippen MR) is 110 cm³/mol. The van der Waals surface area contributed by atoms with Crippen molar-refractivity contribution < 1.29 is 14.4 Å². The molecule has 4 aliphatic rings. The van der Waals surface area contributed by atoms with Gasteiger partial charge in [0.05, 0.1) is 0 Å². The largest absolute Gasteiger partial charge is 0.353 e. The van der Waals surface area contributed by atoms with Crippen LogP contribution in [0.2, 0.25) is 0 Å². The molecule has 1 amide bonds. The van der Waals surface area contributed by atoms with E-state index < -0.39 is 0 Å². The first kappa shape index (κ1) is 21.8. The fraction of sp³-hybridized carbons (Fsp3) is 0.864. The third-order valence-electron chi connectivity index (χ3n) is 8.90. The number of amides is 1. The highest BCUT2D eigenvalue weighted by molar-refractivity contribution is 5.88. The van der Waals surface area contributed by atoms with Crippen molar-refractivity contribution in [1.82, 2.24) is 5.32 Å². The summed E-state index contributed by atoms with van der Waals surface area (Å²) in [4.78, 5) is 37.7. The smallest absolute Gasteiger partial charge is 0.221 e. The molecule has 4 aliphatic carbocycles. The molecule has 158 valence electrons. The number of nitrogens with one attached hydrogen (secondary N) is 1. The van der Waals surface area contributed by atoms with E-state index in [1.807, 2.05) is 0 Å². The normalized spacial score (nSPS) is 44.8. The van der Waals surface area contributed by atoms with Gasteiger partial charge < -0.3 is 11.1 Å². The molecular formula is C22H35ClN2O3. The fourth-order valence-corrected chi connectivity index (χ4v) is 7.37. The molecule has 7 atom stereocenters. The number of fused-ring (bicyclic) bond motifs is 5. The summed E-state index contributed by atoms with van der Waals surface area (Å²) < 4.78 is 0. The van der Waals surface area contributed by atoms with Gasteiger partial charge in [0, 0.05) is 43.2 Å². The SMILES string of the molecule is C[C@]12CC[C@H](NC(=O)CCN)CC1C(=O)C[C@@H]1[C@@H]2CC[C@]2(C)C(=O)CC[C@@H]12.Cl. The summed E-state index contributed by atoms with van der Waals surface area (Å²) in [6.07, 6.45) is 7.45. The van der Waals surface area contributed by atoms with Gasteiger partial charge >= 0.3 is 0 Å². The van der Waals surface area contributed by atoms with Crippen LogP contribution in [-0.4, -0.2) is 30.1 Å². The number of ketones is 2. The monoisotopic (exact) mass is 410 g/mol. The summed E-state index contributed by atoms with van der Waals surface area (Å²) in [6, 6.07) is 0.101. The number of Topliss-reactive ketones (excluding diaryl/α,β-unsaturated/α-hetero) is 2. The van der Waals surface area contributed by atoms with Crippen LogP contribution in [0.25, 0.3) is 0 Å². The molecule has 0 saturated heterocycles. The van der Waals surface area contributed by atoms with Crippen molar-refractivity contribution in [3.8, 4) is 0 Å². The van der Waals surface area contributed by atoms with Gasteiger partial charge in [0.2, 0.25) is 5.91 Å². The second kappa shape index (κ2) is 7.71. The third kappa shape index (κ3) is 3.23. The third-order valence-corrected chi connectivity index (χ3v) is 8.90. The minimum Gasteiger partial charge on any atom is -0.353 e. The Labute approximate surface area is 174 Å². The summed E-state index contributed by atoms with van der Waals surface area (Å²) in [5, 5.41) is 3.10. The number of halogens is 1. The highest BCUT2D eigenvalue weighted by atomic mass is 35.5. The van der Waals surface area contributed by atoms with Crippen molar-refractivity contribution in [2.75, 3.05) is 6.54 Å². The van der Waals surface area contributed by atoms with Crippen LogP contribution in [-0.2, 0) is 14.4 Å². The van der Waals surface area contributed by atoms with Gasteiger partial charge in [-0.25, -0.2) is 0 Å². The van der Waals surface area contributed by atoms with E-state index in [1.165, 1.54) is 0 Å². The van der Waals surface area contributed by atoms with Gasteiger partial charge in [-0.1, -0.05) is 13.8 Å². The molecule has 0 aromatic heterocycles. The molecule has 0 radical (unpaired) electrons. The van der Waals surface area contributed by atoms with Crippen LogP contribution >= 0.6 is 12.4 Å². The lowest BCUT2D eigenvalue weighted by Crippen LogP contribution is -2.58. The standard InChI is InChI=1S/C22H34N2O3.ClH/c1-21-8-5-13(24-20(27)7-10-23)11-17(21)18(25)12-14-15-3-4-19(26)22(15,2)9-6-16(14)21;/h13-17H,3-12,23H2,1-2H3,(H,24,27);1H/t13-,14-,15-,16-,17?,21+,22-;/m0./s1. The summed E-state index contributed by atoms with van der Waals surface area (Å²) in [7, 11) is 0. The first-order chi connectivity index (χ1) is 12.8. The number of carbonyl (C=O) groups is 3. The van der Waals surface area contributed by atoms with E-state index in [9.17, 15) is 14.4 Å². The van der Waals surface area contributed by atoms with Gasteiger partial charge in [-0.2, -0.15) is 0 Å². The Balaban J connectivity index is 0.00000225. The number of hydrogen-bond donors (Lipinski definition) is 2. The van der Waals surface area contributed by atoms with Crippen molar-refractivity contribution in [2.45, 2.75) is 77.7 Å². The predicted octanol–water partition coefficient (Wildman–Crippen LogP) is 3.03. The molecule has 0 heterocycles. The number of carbonyl (C=O) groups excluding carboxylic acids is 3. The van der Waals surface area contributed by atoms with Crippen LogP contribution < -0.4 is 11.1 Å². The average molecular weight is 411 g/mol. The van der Waals surface area contributed by atoms with E-state index in [2.05, 4.69) is 19.2 Å². The molecule has 6 heteroatoms. The van der Waals surface area contributed by atoms with Crippen molar-refractivity contribution in [2.24, 2.45) is 40.2 Å². The quantitative estimate of drug-likeness (QED) is 0.748. The fourth-order valence-electron chi connectivity index (χ4n) is 7.37. The maximum absolute atomic E-state index is 13.2. The first-order valence-corrected chi connectivity index (χ1v) is 10.8. The van der Waals surface area contributed by atoms with Gasteiger partial charge in [-0.15, -0.1) is 12.4 Å². The van der Waals surface area contributed by atoms with Gasteiger partial charge in [0.1, 0.15) is 11.6 Å². The lowest BCUT2D eigenvalue weighted by atomic mass is 9.45. The molecule has 0 bridgehead atoms. The van der Waals surface area contributed by atoms with Crippen LogP contribution in [0.5, 0.6) is 0 Å². The van der Waals surface area contributed by atoms with E-state index in [0.29, 0.717) is 55.1 Å². The van der Waals surface area contributed by atoms with Crippen molar-refractivity contribution in [3.05, 3.63) is 0 Å². The molecule has 4 saturated carbocycles. The lowest BCUT2D eigenvalue weighted by Gasteiger charge is -2.59. The zero-order valence-electron chi connectivity index (χ0n) is 17.2. The van der Waals surface area contributed by atoms with Crippen LogP contribution in [0.15, 0.2) is 0 Å². The van der Waals surface area contributed by atoms with E-state index >= 15 is 0 Å².